The number of esters is 1. The fraction of sp³-hybridized carbons (Fsp3) is 0.414. The van der Waals surface area contributed by atoms with Crippen LogP contribution in [0.1, 0.15) is 58.9 Å². The number of imidazole rings is 1. The Labute approximate surface area is 248 Å². The van der Waals surface area contributed by atoms with E-state index in [1.165, 1.54) is 37.3 Å². The van der Waals surface area contributed by atoms with Gasteiger partial charge in [-0.15, -0.1) is 0 Å². The molecule has 1 aliphatic carbocycles. The van der Waals surface area contributed by atoms with Gasteiger partial charge in [0, 0.05) is 39.5 Å². The summed E-state index contributed by atoms with van der Waals surface area (Å²) >= 11 is 0. The van der Waals surface area contributed by atoms with E-state index in [1.54, 1.807) is 24.9 Å². The van der Waals surface area contributed by atoms with Crippen molar-refractivity contribution in [2.45, 2.75) is 38.6 Å². The Morgan fingerprint density at radius 2 is 1.95 bits per heavy atom. The molecule has 2 aliphatic rings. The third kappa shape index (κ3) is 6.27. The van der Waals surface area contributed by atoms with Crippen LogP contribution < -0.4 is 20.1 Å². The molecule has 5 rings (SSSR count). The predicted octanol–water partition coefficient (Wildman–Crippen LogP) is 3.03. The highest BCUT2D eigenvalue weighted by atomic mass is 16.5. The Balaban J connectivity index is 1.14. The minimum Gasteiger partial charge on any atom is -0.618 e. The molecule has 0 saturated carbocycles. The summed E-state index contributed by atoms with van der Waals surface area (Å²) in [6, 6.07) is 1.50. The lowest BCUT2D eigenvalue weighted by molar-refractivity contribution is -0.406. The van der Waals surface area contributed by atoms with Gasteiger partial charge in [0.15, 0.2) is 28.7 Å². The highest BCUT2D eigenvalue weighted by molar-refractivity contribution is 6.03. The largest absolute Gasteiger partial charge is 0.618 e. The second-order valence-corrected chi connectivity index (χ2v) is 10.5. The van der Waals surface area contributed by atoms with Gasteiger partial charge in [-0.1, -0.05) is 0 Å². The fourth-order valence-corrected chi connectivity index (χ4v) is 5.41. The number of allylic oxidation sites excluding steroid dienone is 2. The summed E-state index contributed by atoms with van der Waals surface area (Å²) in [5.74, 6) is 0.137. The fourth-order valence-electron chi connectivity index (χ4n) is 5.41. The van der Waals surface area contributed by atoms with Crippen molar-refractivity contribution in [2.75, 3.05) is 31.5 Å². The summed E-state index contributed by atoms with van der Waals surface area (Å²) in [5, 5.41) is 18.2. The third-order valence-corrected chi connectivity index (χ3v) is 7.49. The van der Waals surface area contributed by atoms with Crippen LogP contribution >= 0.6 is 0 Å². The van der Waals surface area contributed by atoms with Gasteiger partial charge in [0.25, 0.3) is 5.91 Å². The first-order valence-electron chi connectivity index (χ1n) is 14.0. The molecule has 1 atom stereocenters. The number of rotatable bonds is 10. The van der Waals surface area contributed by atoms with Crippen LogP contribution in [0.2, 0.25) is 0 Å². The van der Waals surface area contributed by atoms with Gasteiger partial charge in [-0.3, -0.25) is 9.59 Å². The van der Waals surface area contributed by atoms with Crippen molar-refractivity contribution in [3.63, 3.8) is 0 Å². The topological polar surface area (TPSA) is 157 Å². The van der Waals surface area contributed by atoms with Gasteiger partial charge in [-0.25, -0.2) is 9.78 Å². The number of fused-ring (bicyclic) bond motifs is 2. The highest BCUT2D eigenvalue weighted by Gasteiger charge is 2.31. The summed E-state index contributed by atoms with van der Waals surface area (Å²) in [6.45, 7) is 0.923. The number of nitrogens with zero attached hydrogens (tertiary/aromatic N) is 5. The number of aromatic nitrogens is 4. The summed E-state index contributed by atoms with van der Waals surface area (Å²) in [7, 11) is 6.12. The van der Waals surface area contributed by atoms with Crippen LogP contribution in [0.25, 0.3) is 0 Å². The van der Waals surface area contributed by atoms with E-state index in [4.69, 9.17) is 14.2 Å². The minimum atomic E-state index is -0.526. The molecule has 3 aromatic heterocycles. The third-order valence-electron chi connectivity index (χ3n) is 7.49. The first kappa shape index (κ1) is 29.5. The van der Waals surface area contributed by atoms with Crippen LogP contribution in [-0.4, -0.2) is 68.2 Å². The predicted molar refractivity (Wildman–Crippen MR) is 156 cm³/mol. The van der Waals surface area contributed by atoms with E-state index in [-0.39, 0.29) is 42.2 Å². The molecule has 43 heavy (non-hydrogen) atoms. The second kappa shape index (κ2) is 12.5. The zero-order valence-electron chi connectivity index (χ0n) is 24.6. The van der Waals surface area contributed by atoms with Crippen molar-refractivity contribution in [1.29, 1.82) is 0 Å². The second-order valence-electron chi connectivity index (χ2n) is 10.5. The van der Waals surface area contributed by atoms with Crippen molar-refractivity contribution in [1.82, 2.24) is 18.7 Å². The van der Waals surface area contributed by atoms with E-state index in [9.17, 15) is 19.6 Å². The number of anilines is 2. The molecule has 0 spiro atoms. The van der Waals surface area contributed by atoms with Crippen LogP contribution in [-0.2, 0) is 30.2 Å². The van der Waals surface area contributed by atoms with Crippen molar-refractivity contribution < 1.29 is 33.3 Å². The molecule has 14 nitrogen and oxygen atoms in total. The number of amides is 2. The zero-order chi connectivity index (χ0) is 30.7. The SMILES string of the molecule is COC(=O)c1cc(NC(=O)c2nc(NC(=O)CCCOc3cn4c(c3OC)C=[N+]([O-])C3=CCCCC3C4)cn2C)cn1C. The van der Waals surface area contributed by atoms with Gasteiger partial charge >= 0.3 is 5.97 Å². The monoisotopic (exact) mass is 593 g/mol. The van der Waals surface area contributed by atoms with Gasteiger partial charge in [-0.05, 0) is 37.8 Å². The number of hydrogen-bond donors (Lipinski definition) is 2. The molecule has 0 radical (unpaired) electrons. The van der Waals surface area contributed by atoms with Gasteiger partial charge in [0.05, 0.1) is 38.6 Å². The average Bonchev–Trinajstić information content (AvgIpc) is 3.61. The van der Waals surface area contributed by atoms with Gasteiger partial charge < -0.3 is 43.8 Å². The lowest BCUT2D eigenvalue weighted by atomic mass is 9.92. The van der Waals surface area contributed by atoms with Crippen molar-refractivity contribution in [2.24, 2.45) is 20.0 Å². The van der Waals surface area contributed by atoms with Crippen molar-refractivity contribution in [3.8, 4) is 11.5 Å². The summed E-state index contributed by atoms with van der Waals surface area (Å²) in [5.41, 5.74) is 2.14. The molecule has 0 saturated heterocycles. The summed E-state index contributed by atoms with van der Waals surface area (Å²) in [4.78, 5) is 41.4. The minimum absolute atomic E-state index is 0.0759. The van der Waals surface area contributed by atoms with E-state index in [2.05, 4.69) is 15.6 Å². The van der Waals surface area contributed by atoms with E-state index < -0.39 is 11.9 Å². The molecule has 2 N–H and O–H groups in total. The zero-order valence-corrected chi connectivity index (χ0v) is 24.6. The van der Waals surface area contributed by atoms with Crippen LogP contribution in [0.3, 0.4) is 0 Å². The quantitative estimate of drug-likeness (QED) is 0.157. The number of methoxy groups -OCH3 is 2. The van der Waals surface area contributed by atoms with Crippen LogP contribution in [0.5, 0.6) is 11.5 Å². The highest BCUT2D eigenvalue weighted by Crippen LogP contribution is 2.37. The molecular formula is C29H35N7O7. The Morgan fingerprint density at radius 1 is 1.14 bits per heavy atom. The van der Waals surface area contributed by atoms with Crippen LogP contribution in [0, 0.1) is 11.1 Å². The van der Waals surface area contributed by atoms with Crippen molar-refractivity contribution in [3.05, 3.63) is 58.8 Å². The Bertz CT molecular complexity index is 1610. The first-order chi connectivity index (χ1) is 20.7. The maximum Gasteiger partial charge on any atom is 0.354 e. The van der Waals surface area contributed by atoms with Crippen molar-refractivity contribution >= 4 is 35.5 Å². The Hall–Kier alpha value is -5.01. The normalized spacial score (nSPS) is 15.8. The Kier molecular flexibility index (Phi) is 8.55. The maximum atomic E-state index is 12.8. The molecule has 228 valence electrons. The molecule has 4 heterocycles. The number of ether oxygens (including phenoxy) is 3. The molecule has 1 unspecified atom stereocenters. The molecule has 0 aromatic carbocycles. The van der Waals surface area contributed by atoms with Gasteiger partial charge in [0.2, 0.25) is 17.9 Å². The van der Waals surface area contributed by atoms with Crippen LogP contribution in [0.15, 0.2) is 36.4 Å². The standard InChI is InChI=1S/C29H35N7O7/c1-33-14-19(12-21(33)29(39)42-4)30-28(38)27-32-24(17-34(27)2)31-25(37)10-7-11-43-23-16-35-13-18-8-5-6-9-20(18)36(40)15-22(35)26(23)41-3/h9,12,14-18H,5-8,10-11,13H2,1-4H3,(H,30,38)(H,31,37). The maximum absolute atomic E-state index is 12.8. The Morgan fingerprint density at radius 3 is 2.72 bits per heavy atom. The number of carbonyl (C=O) groups is 3. The van der Waals surface area contributed by atoms with E-state index in [0.717, 1.165) is 29.7 Å². The molecule has 1 aliphatic heterocycles. The first-order valence-corrected chi connectivity index (χ1v) is 14.0. The number of hydroxylamine groups is 1. The lowest BCUT2D eigenvalue weighted by Gasteiger charge is -2.20. The number of nitrogens with one attached hydrogen (secondary N) is 2. The molecular weight excluding hydrogens is 558 g/mol. The number of aryl methyl sites for hydroxylation is 2. The molecule has 2 amide bonds. The van der Waals surface area contributed by atoms with E-state index in [1.807, 2.05) is 16.8 Å². The van der Waals surface area contributed by atoms with Crippen LogP contribution in [0.4, 0.5) is 11.5 Å². The number of carbonyl (C=O) groups excluding carboxylic acids is 3. The van der Waals surface area contributed by atoms with Gasteiger partial charge in [-0.2, -0.15) is 4.74 Å². The molecule has 3 aromatic rings. The van der Waals surface area contributed by atoms with E-state index >= 15 is 0 Å². The smallest absolute Gasteiger partial charge is 0.354 e. The molecule has 0 fully saturated rings. The van der Waals surface area contributed by atoms with E-state index in [0.29, 0.717) is 35.8 Å². The van der Waals surface area contributed by atoms with Gasteiger partial charge in [0.1, 0.15) is 5.69 Å². The number of hydrogen-bond acceptors (Lipinski definition) is 8. The lowest BCUT2D eigenvalue weighted by Crippen LogP contribution is -2.18. The molecule has 14 heteroatoms. The summed E-state index contributed by atoms with van der Waals surface area (Å²) < 4.78 is 22.2. The summed E-state index contributed by atoms with van der Waals surface area (Å²) in [6.07, 6.45) is 12.0. The molecule has 0 bridgehead atoms. The average molecular weight is 594 g/mol.